The molecular weight excluding hydrogens is 274 g/mol. The van der Waals surface area contributed by atoms with E-state index in [0.29, 0.717) is 31.1 Å². The zero-order chi connectivity index (χ0) is 15.4. The van der Waals surface area contributed by atoms with Crippen LogP contribution in [0.25, 0.3) is 0 Å². The zero-order valence-corrected chi connectivity index (χ0v) is 12.9. The van der Waals surface area contributed by atoms with Gasteiger partial charge in [-0.15, -0.1) is 0 Å². The highest BCUT2D eigenvalue weighted by molar-refractivity contribution is 5.39. The molecule has 1 aromatic rings. The number of aliphatic hydroxyl groups is 1. The van der Waals surface area contributed by atoms with Crippen LogP contribution in [-0.4, -0.2) is 65.1 Å². The van der Waals surface area contributed by atoms with Crippen molar-refractivity contribution in [2.45, 2.75) is 39.0 Å². The van der Waals surface area contributed by atoms with Crippen LogP contribution in [0.4, 0.5) is 11.9 Å². The fourth-order valence-corrected chi connectivity index (χ4v) is 2.06. The maximum Gasteiger partial charge on any atom is 0.323 e. The Morgan fingerprint density at radius 1 is 1.43 bits per heavy atom. The van der Waals surface area contributed by atoms with Crippen LogP contribution >= 0.6 is 0 Å². The van der Waals surface area contributed by atoms with E-state index in [1.54, 1.807) is 7.05 Å². The molecule has 0 amide bonds. The van der Waals surface area contributed by atoms with Gasteiger partial charge in [0.25, 0.3) is 0 Å². The number of rotatable bonds is 5. The van der Waals surface area contributed by atoms with Crippen LogP contribution in [0.5, 0.6) is 6.01 Å². The predicted molar refractivity (Wildman–Crippen MR) is 78.8 cm³/mol. The number of morpholine rings is 1. The number of nitrogens with one attached hydrogen (secondary N) is 1. The topological polar surface area (TPSA) is 92.6 Å². The van der Waals surface area contributed by atoms with Gasteiger partial charge in [-0.25, -0.2) is 0 Å². The van der Waals surface area contributed by atoms with Crippen LogP contribution in [-0.2, 0) is 4.74 Å². The molecule has 0 radical (unpaired) electrons. The van der Waals surface area contributed by atoms with Crippen LogP contribution in [0, 0.1) is 0 Å². The number of ether oxygens (including phenoxy) is 2. The first-order valence-electron chi connectivity index (χ1n) is 7.13. The van der Waals surface area contributed by atoms with Crippen molar-refractivity contribution < 1.29 is 14.6 Å². The molecular formula is C13H23N5O3. The van der Waals surface area contributed by atoms with Crippen molar-refractivity contribution in [3.8, 4) is 6.01 Å². The normalized spacial score (nSPS) is 22.5. The van der Waals surface area contributed by atoms with E-state index in [0.717, 1.165) is 0 Å². The summed E-state index contributed by atoms with van der Waals surface area (Å²) in [4.78, 5) is 14.9. The average molecular weight is 297 g/mol. The smallest absolute Gasteiger partial charge is 0.323 e. The Bertz CT molecular complexity index is 471. The number of aromatic nitrogens is 3. The Hall–Kier alpha value is -1.67. The van der Waals surface area contributed by atoms with Crippen LogP contribution in [0.1, 0.15) is 20.8 Å². The highest BCUT2D eigenvalue weighted by atomic mass is 16.5. The molecule has 1 aliphatic rings. The Kier molecular flexibility index (Phi) is 5.13. The van der Waals surface area contributed by atoms with E-state index in [-0.39, 0.29) is 24.9 Å². The van der Waals surface area contributed by atoms with E-state index >= 15 is 0 Å². The second-order valence-corrected chi connectivity index (χ2v) is 5.30. The summed E-state index contributed by atoms with van der Waals surface area (Å²) in [6.07, 6.45) is -0.247. The van der Waals surface area contributed by atoms with E-state index < -0.39 is 0 Å². The first-order valence-corrected chi connectivity index (χ1v) is 7.13. The molecule has 2 heterocycles. The fraction of sp³-hybridized carbons (Fsp3) is 0.769. The summed E-state index contributed by atoms with van der Waals surface area (Å²) in [6, 6.07) is 0.408. The van der Waals surface area contributed by atoms with E-state index in [4.69, 9.17) is 9.47 Å². The number of nitrogens with zero attached hydrogens (tertiary/aromatic N) is 4. The molecule has 2 rings (SSSR count). The second-order valence-electron chi connectivity index (χ2n) is 5.30. The molecule has 1 aliphatic heterocycles. The zero-order valence-electron chi connectivity index (χ0n) is 12.9. The molecule has 0 aliphatic carbocycles. The molecule has 0 spiro atoms. The Morgan fingerprint density at radius 3 is 2.81 bits per heavy atom. The van der Waals surface area contributed by atoms with Gasteiger partial charge in [-0.3, -0.25) is 0 Å². The Morgan fingerprint density at radius 2 is 2.19 bits per heavy atom. The molecule has 2 N–H and O–H groups in total. The third kappa shape index (κ3) is 3.92. The minimum atomic E-state index is -0.231. The number of hydrogen-bond donors (Lipinski definition) is 2. The lowest BCUT2D eigenvalue weighted by Crippen LogP contribution is -2.50. The van der Waals surface area contributed by atoms with Crippen molar-refractivity contribution in [2.24, 2.45) is 0 Å². The SMILES string of the molecule is CNc1nc(OC(C)C)nc(N2CC(CO)OCC2C)n1. The van der Waals surface area contributed by atoms with Crippen LogP contribution in [0.2, 0.25) is 0 Å². The highest BCUT2D eigenvalue weighted by Crippen LogP contribution is 2.21. The van der Waals surface area contributed by atoms with E-state index in [1.165, 1.54) is 0 Å². The highest BCUT2D eigenvalue weighted by Gasteiger charge is 2.28. The molecule has 1 fully saturated rings. The van der Waals surface area contributed by atoms with Gasteiger partial charge in [0.05, 0.1) is 31.5 Å². The van der Waals surface area contributed by atoms with Crippen molar-refractivity contribution in [3.05, 3.63) is 0 Å². The van der Waals surface area contributed by atoms with Gasteiger partial charge in [0.2, 0.25) is 11.9 Å². The van der Waals surface area contributed by atoms with Gasteiger partial charge in [0, 0.05) is 13.6 Å². The summed E-state index contributed by atoms with van der Waals surface area (Å²) in [5.41, 5.74) is 0. The first kappa shape index (κ1) is 15.7. The van der Waals surface area contributed by atoms with E-state index in [9.17, 15) is 5.11 Å². The van der Waals surface area contributed by atoms with Crippen LogP contribution in [0.3, 0.4) is 0 Å². The summed E-state index contributed by atoms with van der Waals surface area (Å²) in [7, 11) is 1.75. The third-order valence-electron chi connectivity index (χ3n) is 3.13. The largest absolute Gasteiger partial charge is 0.461 e. The fourth-order valence-electron chi connectivity index (χ4n) is 2.06. The maximum atomic E-state index is 9.27. The molecule has 0 bridgehead atoms. The summed E-state index contributed by atoms with van der Waals surface area (Å²) in [5, 5.41) is 12.2. The lowest BCUT2D eigenvalue weighted by molar-refractivity contribution is -0.0108. The van der Waals surface area contributed by atoms with Gasteiger partial charge in [0.1, 0.15) is 0 Å². The van der Waals surface area contributed by atoms with Gasteiger partial charge in [-0.1, -0.05) is 0 Å². The minimum absolute atomic E-state index is 0.0164. The standard InChI is InChI=1S/C13H23N5O3/c1-8(2)21-13-16-11(14-4)15-12(17-13)18-5-10(6-19)20-7-9(18)3/h8-10,19H,5-7H2,1-4H3,(H,14,15,16,17). The molecule has 21 heavy (non-hydrogen) atoms. The van der Waals surface area contributed by atoms with E-state index in [2.05, 4.69) is 20.3 Å². The summed E-state index contributed by atoms with van der Waals surface area (Å²) >= 11 is 0. The minimum Gasteiger partial charge on any atom is -0.461 e. The Balaban J connectivity index is 2.27. The maximum absolute atomic E-state index is 9.27. The average Bonchev–Trinajstić information content (AvgIpc) is 2.46. The van der Waals surface area contributed by atoms with Gasteiger partial charge >= 0.3 is 6.01 Å². The molecule has 0 aromatic carbocycles. The number of aliphatic hydroxyl groups excluding tert-OH is 1. The monoisotopic (exact) mass is 297 g/mol. The van der Waals surface area contributed by atoms with Gasteiger partial charge in [-0.2, -0.15) is 15.0 Å². The predicted octanol–water partition coefficient (Wildman–Crippen LogP) is 0.286. The van der Waals surface area contributed by atoms with Crippen molar-refractivity contribution in [1.29, 1.82) is 0 Å². The molecule has 8 heteroatoms. The number of anilines is 2. The summed E-state index contributed by atoms with van der Waals surface area (Å²) < 4.78 is 11.1. The van der Waals surface area contributed by atoms with Crippen LogP contribution in [0.15, 0.2) is 0 Å². The van der Waals surface area contributed by atoms with Gasteiger partial charge in [0.15, 0.2) is 0 Å². The van der Waals surface area contributed by atoms with Crippen molar-refractivity contribution in [1.82, 2.24) is 15.0 Å². The van der Waals surface area contributed by atoms with Crippen molar-refractivity contribution >= 4 is 11.9 Å². The van der Waals surface area contributed by atoms with Crippen LogP contribution < -0.4 is 15.0 Å². The number of hydrogen-bond acceptors (Lipinski definition) is 8. The first-order chi connectivity index (χ1) is 10.0. The molecule has 2 unspecified atom stereocenters. The molecule has 1 aromatic heterocycles. The molecule has 118 valence electrons. The van der Waals surface area contributed by atoms with Crippen molar-refractivity contribution in [3.63, 3.8) is 0 Å². The Labute approximate surface area is 124 Å². The van der Waals surface area contributed by atoms with Crippen molar-refractivity contribution in [2.75, 3.05) is 37.0 Å². The summed E-state index contributed by atoms with van der Waals surface area (Å²) in [6.45, 7) is 6.89. The third-order valence-corrected chi connectivity index (χ3v) is 3.13. The summed E-state index contributed by atoms with van der Waals surface area (Å²) in [5.74, 6) is 0.981. The molecule has 0 saturated carbocycles. The lowest BCUT2D eigenvalue weighted by atomic mass is 10.2. The molecule has 8 nitrogen and oxygen atoms in total. The second kappa shape index (κ2) is 6.86. The van der Waals surface area contributed by atoms with Gasteiger partial charge < -0.3 is 24.8 Å². The lowest BCUT2D eigenvalue weighted by Gasteiger charge is -2.37. The quantitative estimate of drug-likeness (QED) is 0.801. The molecule has 1 saturated heterocycles. The van der Waals surface area contributed by atoms with E-state index in [1.807, 2.05) is 25.7 Å². The van der Waals surface area contributed by atoms with Gasteiger partial charge in [-0.05, 0) is 20.8 Å². The molecule has 2 atom stereocenters.